The Morgan fingerprint density at radius 2 is 2.10 bits per heavy atom. The van der Waals surface area contributed by atoms with Gasteiger partial charge < -0.3 is 20.1 Å². The van der Waals surface area contributed by atoms with Gasteiger partial charge in [-0.05, 0) is 32.9 Å². The largest absolute Gasteiger partial charge is 0.491 e. The van der Waals surface area contributed by atoms with E-state index in [1.165, 1.54) is 0 Å². The first-order chi connectivity index (χ1) is 9.85. The van der Waals surface area contributed by atoms with Gasteiger partial charge in [0.25, 0.3) is 0 Å². The molecule has 6 nitrogen and oxygen atoms in total. The third kappa shape index (κ3) is 4.37. The molecule has 21 heavy (non-hydrogen) atoms. The van der Waals surface area contributed by atoms with Crippen molar-refractivity contribution >= 4 is 17.7 Å². The Bertz CT molecular complexity index is 537. The van der Waals surface area contributed by atoms with Crippen molar-refractivity contribution in [3.05, 3.63) is 24.3 Å². The Morgan fingerprint density at radius 3 is 2.81 bits per heavy atom. The fourth-order valence-corrected chi connectivity index (χ4v) is 1.92. The number of alkyl carbamates (subject to hydrolysis) is 1. The Morgan fingerprint density at radius 1 is 1.38 bits per heavy atom. The molecule has 1 unspecified atom stereocenters. The highest BCUT2D eigenvalue weighted by atomic mass is 16.6. The number of anilines is 1. The third-order valence-corrected chi connectivity index (χ3v) is 2.82. The maximum Gasteiger partial charge on any atom is 0.408 e. The van der Waals surface area contributed by atoms with E-state index in [1.54, 1.807) is 39.0 Å². The van der Waals surface area contributed by atoms with E-state index in [1.807, 2.05) is 6.07 Å². The molecule has 2 rings (SSSR count). The molecule has 0 aliphatic carbocycles. The number of carbonyl (C=O) groups excluding carboxylic acids is 2. The molecule has 6 heteroatoms. The van der Waals surface area contributed by atoms with Gasteiger partial charge >= 0.3 is 6.09 Å². The summed E-state index contributed by atoms with van der Waals surface area (Å²) in [5, 5.41) is 5.32. The van der Waals surface area contributed by atoms with Crippen LogP contribution in [0.5, 0.6) is 5.75 Å². The molecule has 1 aliphatic heterocycles. The topological polar surface area (TPSA) is 76.7 Å². The smallest absolute Gasteiger partial charge is 0.408 e. The molecular formula is C15H20N2O4. The summed E-state index contributed by atoms with van der Waals surface area (Å²) in [5.41, 5.74) is -0.0103. The molecule has 0 bridgehead atoms. The molecule has 0 saturated carbocycles. The van der Waals surface area contributed by atoms with Crippen LogP contribution in [0.2, 0.25) is 0 Å². The normalized spacial score (nSPS) is 18.4. The second-order valence-corrected chi connectivity index (χ2v) is 5.82. The average Bonchev–Trinajstić information content (AvgIpc) is 2.35. The summed E-state index contributed by atoms with van der Waals surface area (Å²) in [6.45, 7) is 5.64. The molecule has 0 fully saturated rings. The predicted molar refractivity (Wildman–Crippen MR) is 78.3 cm³/mol. The highest BCUT2D eigenvalue weighted by molar-refractivity contribution is 5.97. The molecule has 1 aromatic rings. The SMILES string of the molecule is CC(C)(C)OC(=O)NC1CCOc2ccccc2NC1=O. The summed E-state index contributed by atoms with van der Waals surface area (Å²) in [6, 6.07) is 6.50. The van der Waals surface area contributed by atoms with Crippen molar-refractivity contribution in [1.82, 2.24) is 5.32 Å². The fourth-order valence-electron chi connectivity index (χ4n) is 1.92. The van der Waals surface area contributed by atoms with Crippen molar-refractivity contribution in [1.29, 1.82) is 0 Å². The Kier molecular flexibility index (Phi) is 4.35. The number of amides is 2. The van der Waals surface area contributed by atoms with Gasteiger partial charge in [-0.2, -0.15) is 0 Å². The van der Waals surface area contributed by atoms with Crippen LogP contribution >= 0.6 is 0 Å². The number of hydrogen-bond donors (Lipinski definition) is 2. The lowest BCUT2D eigenvalue weighted by Gasteiger charge is -2.25. The molecule has 0 radical (unpaired) electrons. The van der Waals surface area contributed by atoms with E-state index in [0.29, 0.717) is 24.5 Å². The lowest BCUT2D eigenvalue weighted by atomic mass is 10.1. The van der Waals surface area contributed by atoms with Crippen LogP contribution in [0.4, 0.5) is 10.5 Å². The summed E-state index contributed by atoms with van der Waals surface area (Å²) in [7, 11) is 0. The van der Waals surface area contributed by atoms with E-state index >= 15 is 0 Å². The van der Waals surface area contributed by atoms with Gasteiger partial charge in [-0.15, -0.1) is 0 Å². The van der Waals surface area contributed by atoms with Crippen LogP contribution in [0.1, 0.15) is 27.2 Å². The van der Waals surface area contributed by atoms with Gasteiger partial charge in [-0.1, -0.05) is 12.1 Å². The number of ether oxygens (including phenoxy) is 2. The number of rotatable bonds is 1. The zero-order valence-electron chi connectivity index (χ0n) is 12.4. The quantitative estimate of drug-likeness (QED) is 0.832. The minimum atomic E-state index is -0.687. The molecule has 1 aliphatic rings. The van der Waals surface area contributed by atoms with Crippen LogP contribution in [-0.2, 0) is 9.53 Å². The van der Waals surface area contributed by atoms with E-state index in [9.17, 15) is 9.59 Å². The van der Waals surface area contributed by atoms with Crippen molar-refractivity contribution < 1.29 is 19.1 Å². The van der Waals surface area contributed by atoms with Crippen LogP contribution in [0, 0.1) is 0 Å². The maximum atomic E-state index is 12.2. The number of carbonyl (C=O) groups is 2. The average molecular weight is 292 g/mol. The van der Waals surface area contributed by atoms with Gasteiger partial charge in [0.05, 0.1) is 12.3 Å². The van der Waals surface area contributed by atoms with Gasteiger partial charge in [-0.25, -0.2) is 4.79 Å². The number of hydrogen-bond acceptors (Lipinski definition) is 4. The van der Waals surface area contributed by atoms with E-state index in [0.717, 1.165) is 0 Å². The highest BCUT2D eigenvalue weighted by Gasteiger charge is 2.26. The highest BCUT2D eigenvalue weighted by Crippen LogP contribution is 2.25. The summed E-state index contributed by atoms with van der Waals surface area (Å²) < 4.78 is 10.7. The second kappa shape index (κ2) is 6.03. The molecule has 1 aromatic carbocycles. The summed E-state index contributed by atoms with van der Waals surface area (Å²) in [5.74, 6) is 0.346. The van der Waals surface area contributed by atoms with Crippen LogP contribution in [0.15, 0.2) is 24.3 Å². The van der Waals surface area contributed by atoms with Crippen molar-refractivity contribution in [2.24, 2.45) is 0 Å². The maximum absolute atomic E-state index is 12.2. The minimum Gasteiger partial charge on any atom is -0.491 e. The van der Waals surface area contributed by atoms with Crippen molar-refractivity contribution in [2.45, 2.75) is 38.8 Å². The lowest BCUT2D eigenvalue weighted by Crippen LogP contribution is -2.47. The molecular weight excluding hydrogens is 272 g/mol. The fraction of sp³-hybridized carbons (Fsp3) is 0.467. The lowest BCUT2D eigenvalue weighted by molar-refractivity contribution is -0.118. The minimum absolute atomic E-state index is 0.281. The number of fused-ring (bicyclic) bond motifs is 1. The first-order valence-electron chi connectivity index (χ1n) is 6.87. The molecule has 1 atom stereocenters. The summed E-state index contributed by atoms with van der Waals surface area (Å²) >= 11 is 0. The van der Waals surface area contributed by atoms with Crippen LogP contribution in [0.25, 0.3) is 0 Å². The number of benzene rings is 1. The molecule has 0 saturated heterocycles. The predicted octanol–water partition coefficient (Wildman–Crippen LogP) is 2.30. The van der Waals surface area contributed by atoms with Gasteiger partial charge in [0.2, 0.25) is 5.91 Å². The molecule has 114 valence electrons. The van der Waals surface area contributed by atoms with E-state index in [4.69, 9.17) is 9.47 Å². The number of para-hydroxylation sites is 2. The zero-order valence-corrected chi connectivity index (χ0v) is 12.4. The Labute approximate surface area is 123 Å². The zero-order chi connectivity index (χ0) is 15.5. The van der Waals surface area contributed by atoms with Gasteiger partial charge in [0, 0.05) is 6.42 Å². The van der Waals surface area contributed by atoms with Gasteiger partial charge in [-0.3, -0.25) is 4.79 Å². The number of nitrogens with one attached hydrogen (secondary N) is 2. The molecule has 2 amide bonds. The van der Waals surface area contributed by atoms with E-state index in [2.05, 4.69) is 10.6 Å². The standard InChI is InChI=1S/C15H20N2O4/c1-15(2,3)21-14(19)17-11-8-9-20-12-7-5-4-6-10(12)16-13(11)18/h4-7,11H,8-9H2,1-3H3,(H,16,18)(H,17,19). The molecule has 0 aromatic heterocycles. The van der Waals surface area contributed by atoms with Crippen molar-refractivity contribution in [2.75, 3.05) is 11.9 Å². The third-order valence-electron chi connectivity index (χ3n) is 2.82. The molecule has 0 spiro atoms. The van der Waals surface area contributed by atoms with Crippen molar-refractivity contribution in [3.63, 3.8) is 0 Å². The Hall–Kier alpha value is -2.24. The first kappa shape index (κ1) is 15.2. The van der Waals surface area contributed by atoms with E-state index < -0.39 is 17.7 Å². The van der Waals surface area contributed by atoms with Crippen LogP contribution in [-0.4, -0.2) is 30.3 Å². The van der Waals surface area contributed by atoms with Gasteiger partial charge in [0.15, 0.2) is 0 Å². The van der Waals surface area contributed by atoms with Gasteiger partial charge in [0.1, 0.15) is 17.4 Å². The molecule has 1 heterocycles. The van der Waals surface area contributed by atoms with E-state index in [-0.39, 0.29) is 5.91 Å². The molecule has 2 N–H and O–H groups in total. The monoisotopic (exact) mass is 292 g/mol. The summed E-state index contributed by atoms with van der Waals surface area (Å²) in [6.07, 6.45) is -0.240. The first-order valence-corrected chi connectivity index (χ1v) is 6.87. The Balaban J connectivity index is 2.03. The summed E-state index contributed by atoms with van der Waals surface area (Å²) in [4.78, 5) is 24.0. The van der Waals surface area contributed by atoms with Crippen molar-refractivity contribution in [3.8, 4) is 5.75 Å². The van der Waals surface area contributed by atoms with Crippen LogP contribution < -0.4 is 15.4 Å². The van der Waals surface area contributed by atoms with Crippen LogP contribution in [0.3, 0.4) is 0 Å². The second-order valence-electron chi connectivity index (χ2n) is 5.82.